The first-order chi connectivity index (χ1) is 12.1. The first-order valence-electron chi connectivity index (χ1n) is 7.90. The summed E-state index contributed by atoms with van der Waals surface area (Å²) in [6.07, 6.45) is 4.00. The van der Waals surface area contributed by atoms with E-state index in [1.54, 1.807) is 30.6 Å². The summed E-state index contributed by atoms with van der Waals surface area (Å²) in [4.78, 5) is 16.1. The number of amides is 1. The van der Waals surface area contributed by atoms with E-state index in [4.69, 9.17) is 0 Å². The van der Waals surface area contributed by atoms with Gasteiger partial charge in [0, 0.05) is 23.7 Å². The van der Waals surface area contributed by atoms with E-state index >= 15 is 0 Å². The number of alkyl halides is 2. The molecule has 0 aliphatic rings. The second-order valence-electron chi connectivity index (χ2n) is 5.29. The Morgan fingerprint density at radius 2 is 1.96 bits per heavy atom. The number of rotatable bonds is 9. The molecule has 1 amide bonds. The monoisotopic (exact) mass is 366 g/mol. The van der Waals surface area contributed by atoms with Crippen LogP contribution in [0.1, 0.15) is 30.5 Å². The number of aromatic nitrogens is 1. The average molecular weight is 366 g/mol. The number of benzene rings is 1. The first kappa shape index (κ1) is 19.2. The standard InChI is InChI=1S/C18H20F2N2O2S/c1-2-15(14-5-3-4-6-16(14)24-18(19)20)22-17(23)12-25-11-13-7-9-21-10-8-13/h3-10,15,18H,2,11-12H2,1H3,(H,22,23). The number of nitrogens with one attached hydrogen (secondary N) is 1. The lowest BCUT2D eigenvalue weighted by atomic mass is 10.0. The summed E-state index contributed by atoms with van der Waals surface area (Å²) >= 11 is 1.49. The van der Waals surface area contributed by atoms with Crippen molar-refractivity contribution in [1.29, 1.82) is 0 Å². The van der Waals surface area contributed by atoms with Crippen molar-refractivity contribution in [2.24, 2.45) is 0 Å². The Kier molecular flexibility index (Phi) is 7.66. The fourth-order valence-corrected chi connectivity index (χ4v) is 3.15. The number of halogens is 2. The zero-order valence-electron chi connectivity index (χ0n) is 13.8. The summed E-state index contributed by atoms with van der Waals surface area (Å²) < 4.78 is 29.6. The van der Waals surface area contributed by atoms with Crippen molar-refractivity contribution in [3.8, 4) is 5.75 Å². The molecular formula is C18H20F2N2O2S. The molecule has 1 heterocycles. The van der Waals surface area contributed by atoms with Gasteiger partial charge in [0.05, 0.1) is 11.8 Å². The molecule has 0 aliphatic heterocycles. The quantitative estimate of drug-likeness (QED) is 0.723. The third kappa shape index (κ3) is 6.34. The van der Waals surface area contributed by atoms with Crippen LogP contribution < -0.4 is 10.1 Å². The fourth-order valence-electron chi connectivity index (χ4n) is 2.35. The molecule has 2 rings (SSSR count). The summed E-state index contributed by atoms with van der Waals surface area (Å²) in [5.74, 6) is 0.945. The van der Waals surface area contributed by atoms with Crippen LogP contribution in [-0.2, 0) is 10.5 Å². The number of thioether (sulfide) groups is 1. The summed E-state index contributed by atoms with van der Waals surface area (Å²) in [7, 11) is 0. The summed E-state index contributed by atoms with van der Waals surface area (Å²) in [5.41, 5.74) is 1.65. The van der Waals surface area contributed by atoms with Crippen LogP contribution in [0.3, 0.4) is 0 Å². The van der Waals surface area contributed by atoms with Crippen LogP contribution in [-0.4, -0.2) is 23.3 Å². The Bertz CT molecular complexity index is 671. The van der Waals surface area contributed by atoms with Crippen molar-refractivity contribution in [3.05, 3.63) is 59.9 Å². The number of ether oxygens (including phenoxy) is 1. The maximum absolute atomic E-state index is 12.5. The van der Waals surface area contributed by atoms with E-state index in [0.717, 1.165) is 5.56 Å². The Labute approximate surface area is 150 Å². The van der Waals surface area contributed by atoms with E-state index in [2.05, 4.69) is 15.0 Å². The van der Waals surface area contributed by atoms with Gasteiger partial charge in [0.15, 0.2) is 0 Å². The van der Waals surface area contributed by atoms with Gasteiger partial charge in [0.1, 0.15) is 5.75 Å². The number of carbonyl (C=O) groups is 1. The van der Waals surface area contributed by atoms with Gasteiger partial charge >= 0.3 is 6.61 Å². The van der Waals surface area contributed by atoms with E-state index in [1.165, 1.54) is 17.8 Å². The van der Waals surface area contributed by atoms with Crippen LogP contribution in [0.4, 0.5) is 8.78 Å². The predicted octanol–water partition coefficient (Wildman–Crippen LogP) is 4.18. The second kappa shape index (κ2) is 9.98. The van der Waals surface area contributed by atoms with Crippen LogP contribution in [0, 0.1) is 0 Å². The van der Waals surface area contributed by atoms with Crippen molar-refractivity contribution in [3.63, 3.8) is 0 Å². The second-order valence-corrected chi connectivity index (χ2v) is 6.28. The molecule has 0 bridgehead atoms. The third-order valence-corrected chi connectivity index (χ3v) is 4.51. The zero-order chi connectivity index (χ0) is 18.1. The van der Waals surface area contributed by atoms with Gasteiger partial charge in [0.25, 0.3) is 0 Å². The van der Waals surface area contributed by atoms with Crippen molar-refractivity contribution in [1.82, 2.24) is 10.3 Å². The number of hydrogen-bond acceptors (Lipinski definition) is 4. The normalized spacial score (nSPS) is 12.0. The van der Waals surface area contributed by atoms with Gasteiger partial charge in [-0.15, -0.1) is 11.8 Å². The Balaban J connectivity index is 1.91. The number of para-hydroxylation sites is 1. The largest absolute Gasteiger partial charge is 0.434 e. The van der Waals surface area contributed by atoms with Gasteiger partial charge in [-0.25, -0.2) is 0 Å². The van der Waals surface area contributed by atoms with Crippen molar-refractivity contribution < 1.29 is 18.3 Å². The van der Waals surface area contributed by atoms with Gasteiger partial charge in [0.2, 0.25) is 5.91 Å². The molecule has 134 valence electrons. The van der Waals surface area contributed by atoms with Crippen molar-refractivity contribution in [2.45, 2.75) is 31.8 Å². The summed E-state index contributed by atoms with van der Waals surface area (Å²) in [5, 5.41) is 2.89. The molecule has 7 heteroatoms. The lowest BCUT2D eigenvalue weighted by Gasteiger charge is -2.20. The van der Waals surface area contributed by atoms with Crippen molar-refractivity contribution in [2.75, 3.05) is 5.75 Å². The van der Waals surface area contributed by atoms with Gasteiger partial charge in [-0.1, -0.05) is 25.1 Å². The number of hydrogen-bond donors (Lipinski definition) is 1. The minimum absolute atomic E-state index is 0.0917. The summed E-state index contributed by atoms with van der Waals surface area (Å²) in [6.45, 7) is -1.01. The van der Waals surface area contributed by atoms with Crippen molar-refractivity contribution >= 4 is 17.7 Å². The molecule has 0 radical (unpaired) electrons. The SMILES string of the molecule is CCC(NC(=O)CSCc1ccncc1)c1ccccc1OC(F)F. The number of pyridine rings is 1. The number of nitrogens with zero attached hydrogens (tertiary/aromatic N) is 1. The van der Waals surface area contributed by atoms with Crippen LogP contribution in [0.15, 0.2) is 48.8 Å². The minimum Gasteiger partial charge on any atom is -0.434 e. The van der Waals surface area contributed by atoms with Gasteiger partial charge in [-0.05, 0) is 30.2 Å². The topological polar surface area (TPSA) is 51.2 Å². The van der Waals surface area contributed by atoms with Crippen LogP contribution in [0.5, 0.6) is 5.75 Å². The van der Waals surface area contributed by atoms with E-state index in [0.29, 0.717) is 17.7 Å². The summed E-state index contributed by atoms with van der Waals surface area (Å²) in [6, 6.07) is 9.96. The zero-order valence-corrected chi connectivity index (χ0v) is 14.6. The molecule has 4 nitrogen and oxygen atoms in total. The highest BCUT2D eigenvalue weighted by atomic mass is 32.2. The molecule has 1 aromatic heterocycles. The molecule has 1 atom stereocenters. The maximum atomic E-state index is 12.5. The van der Waals surface area contributed by atoms with E-state index in [9.17, 15) is 13.6 Å². The molecule has 1 aromatic carbocycles. The molecule has 1 unspecified atom stereocenters. The highest BCUT2D eigenvalue weighted by Crippen LogP contribution is 2.28. The van der Waals surface area contributed by atoms with E-state index < -0.39 is 6.61 Å². The van der Waals surface area contributed by atoms with Crippen LogP contribution in [0.2, 0.25) is 0 Å². The molecule has 2 aromatic rings. The van der Waals surface area contributed by atoms with Gasteiger partial charge in [-0.3, -0.25) is 9.78 Å². The molecule has 1 N–H and O–H groups in total. The Hall–Kier alpha value is -2.15. The highest BCUT2D eigenvalue weighted by Gasteiger charge is 2.18. The number of carbonyl (C=O) groups excluding carboxylic acids is 1. The molecule has 0 fully saturated rings. The van der Waals surface area contributed by atoms with E-state index in [-0.39, 0.29) is 23.5 Å². The highest BCUT2D eigenvalue weighted by molar-refractivity contribution is 7.99. The first-order valence-corrected chi connectivity index (χ1v) is 9.05. The molecule has 0 spiro atoms. The minimum atomic E-state index is -2.90. The van der Waals surface area contributed by atoms with E-state index in [1.807, 2.05) is 19.1 Å². The lowest BCUT2D eigenvalue weighted by Crippen LogP contribution is -2.30. The lowest BCUT2D eigenvalue weighted by molar-refractivity contribution is -0.119. The van der Waals surface area contributed by atoms with Gasteiger partial charge in [-0.2, -0.15) is 8.78 Å². The Morgan fingerprint density at radius 1 is 1.24 bits per heavy atom. The fraction of sp³-hybridized carbons (Fsp3) is 0.333. The van der Waals surface area contributed by atoms with Crippen LogP contribution in [0.25, 0.3) is 0 Å². The molecule has 0 aliphatic carbocycles. The van der Waals surface area contributed by atoms with Gasteiger partial charge < -0.3 is 10.1 Å². The molecule has 25 heavy (non-hydrogen) atoms. The Morgan fingerprint density at radius 3 is 2.64 bits per heavy atom. The third-order valence-electron chi connectivity index (χ3n) is 3.51. The molecular weight excluding hydrogens is 346 g/mol. The maximum Gasteiger partial charge on any atom is 0.387 e. The predicted molar refractivity (Wildman–Crippen MR) is 94.6 cm³/mol. The molecule has 0 saturated heterocycles. The van der Waals surface area contributed by atoms with Crippen LogP contribution >= 0.6 is 11.8 Å². The molecule has 0 saturated carbocycles. The smallest absolute Gasteiger partial charge is 0.387 e. The average Bonchev–Trinajstić information content (AvgIpc) is 2.61.